The number of rotatable bonds is 9. The van der Waals surface area contributed by atoms with E-state index in [1.807, 2.05) is 13.8 Å². The summed E-state index contributed by atoms with van der Waals surface area (Å²) >= 11 is 0. The number of aromatic amines is 1. The Morgan fingerprint density at radius 1 is 1.38 bits per heavy atom. The molecule has 0 atom stereocenters. The average Bonchev–Trinajstić information content (AvgIpc) is 2.87. The van der Waals surface area contributed by atoms with Crippen LogP contribution in [-0.4, -0.2) is 31.0 Å². The van der Waals surface area contributed by atoms with E-state index in [0.29, 0.717) is 6.54 Å². The monoisotopic (exact) mass is 316 g/mol. The lowest BCUT2D eigenvalue weighted by atomic mass is 9.87. The number of carbonyl (C=O) groups is 1. The first-order chi connectivity index (χ1) is 9.68. The van der Waals surface area contributed by atoms with Crippen molar-refractivity contribution in [3.8, 4) is 0 Å². The number of aromatic nitrogens is 1. The zero-order chi connectivity index (χ0) is 16.1. The number of aromatic carboxylic acids is 1. The number of hydrogen-bond donors (Lipinski definition) is 3. The summed E-state index contributed by atoms with van der Waals surface area (Å²) in [7, 11) is -3.68. The number of hydrogen-bond acceptors (Lipinski definition) is 3. The Bertz CT molecular complexity index is 576. The van der Waals surface area contributed by atoms with Crippen molar-refractivity contribution in [3.05, 3.63) is 18.0 Å². The maximum atomic E-state index is 12.1. The number of carboxylic acids is 1. The maximum Gasteiger partial charge on any atom is 0.352 e. The van der Waals surface area contributed by atoms with Gasteiger partial charge in [-0.15, -0.1) is 0 Å². The normalized spacial score (nSPS) is 12.5. The van der Waals surface area contributed by atoms with Crippen LogP contribution >= 0.6 is 0 Å². The van der Waals surface area contributed by atoms with Crippen LogP contribution in [0.25, 0.3) is 0 Å². The van der Waals surface area contributed by atoms with Gasteiger partial charge in [0.25, 0.3) is 0 Å². The molecule has 0 aliphatic rings. The molecule has 120 valence electrons. The van der Waals surface area contributed by atoms with Crippen molar-refractivity contribution >= 4 is 16.0 Å². The summed E-state index contributed by atoms with van der Waals surface area (Å²) < 4.78 is 26.8. The summed E-state index contributed by atoms with van der Waals surface area (Å²) in [5.41, 5.74) is -0.272. The van der Waals surface area contributed by atoms with Crippen LogP contribution < -0.4 is 4.72 Å². The van der Waals surface area contributed by atoms with E-state index in [4.69, 9.17) is 5.11 Å². The van der Waals surface area contributed by atoms with E-state index in [0.717, 1.165) is 31.7 Å². The molecular weight excluding hydrogens is 292 g/mol. The standard InChI is InChI=1S/C14H24N2O4S/c1-4-5-6-7-14(2,3)10-16-21(19,20)11-8-12(13(17)18)15-9-11/h8-9,15-16H,4-7,10H2,1-3H3,(H,17,18). The molecule has 0 amide bonds. The number of nitrogens with one attached hydrogen (secondary N) is 2. The summed E-state index contributed by atoms with van der Waals surface area (Å²) in [6, 6.07) is 1.12. The topological polar surface area (TPSA) is 99.3 Å². The van der Waals surface area contributed by atoms with E-state index in [1.165, 1.54) is 6.20 Å². The van der Waals surface area contributed by atoms with Gasteiger partial charge in [-0.25, -0.2) is 17.9 Å². The van der Waals surface area contributed by atoms with Crippen LogP contribution in [0.2, 0.25) is 0 Å². The van der Waals surface area contributed by atoms with E-state index in [9.17, 15) is 13.2 Å². The summed E-state index contributed by atoms with van der Waals surface area (Å²) in [4.78, 5) is 13.1. The molecule has 1 rings (SSSR count). The largest absolute Gasteiger partial charge is 0.477 e. The first kappa shape index (κ1) is 17.7. The minimum Gasteiger partial charge on any atom is -0.477 e. The highest BCUT2D eigenvalue weighted by atomic mass is 32.2. The van der Waals surface area contributed by atoms with E-state index in [-0.39, 0.29) is 16.0 Å². The quantitative estimate of drug-likeness (QED) is 0.610. The van der Waals surface area contributed by atoms with E-state index in [1.54, 1.807) is 0 Å². The van der Waals surface area contributed by atoms with Crippen molar-refractivity contribution in [2.45, 2.75) is 51.3 Å². The molecule has 7 heteroatoms. The van der Waals surface area contributed by atoms with Gasteiger partial charge in [-0.3, -0.25) is 0 Å². The van der Waals surface area contributed by atoms with Crippen LogP contribution in [-0.2, 0) is 10.0 Å². The highest BCUT2D eigenvalue weighted by molar-refractivity contribution is 7.89. The summed E-state index contributed by atoms with van der Waals surface area (Å²) in [5.74, 6) is -1.18. The van der Waals surface area contributed by atoms with E-state index < -0.39 is 16.0 Å². The zero-order valence-electron chi connectivity index (χ0n) is 12.8. The van der Waals surface area contributed by atoms with Gasteiger partial charge in [-0.05, 0) is 17.9 Å². The molecule has 0 aromatic carbocycles. The predicted molar refractivity (Wildman–Crippen MR) is 80.9 cm³/mol. The van der Waals surface area contributed by atoms with Crippen molar-refractivity contribution in [3.63, 3.8) is 0 Å². The number of H-pyrrole nitrogens is 1. The van der Waals surface area contributed by atoms with Crippen LogP contribution in [0.15, 0.2) is 17.2 Å². The molecule has 0 radical (unpaired) electrons. The molecule has 6 nitrogen and oxygen atoms in total. The molecule has 0 spiro atoms. The predicted octanol–water partition coefficient (Wildman–Crippen LogP) is 2.60. The number of carboxylic acid groups (broad SMARTS) is 1. The molecule has 0 fully saturated rings. The highest BCUT2D eigenvalue weighted by Gasteiger charge is 2.23. The number of unbranched alkanes of at least 4 members (excludes halogenated alkanes) is 2. The Labute approximate surface area is 126 Å². The fourth-order valence-corrected chi connectivity index (χ4v) is 3.20. The second-order valence-electron chi connectivity index (χ2n) is 6.00. The third-order valence-electron chi connectivity index (χ3n) is 3.40. The second-order valence-corrected chi connectivity index (χ2v) is 7.77. The molecular formula is C14H24N2O4S. The van der Waals surface area contributed by atoms with Gasteiger partial charge >= 0.3 is 5.97 Å². The molecule has 0 aliphatic carbocycles. The molecule has 0 aliphatic heterocycles. The number of sulfonamides is 1. The maximum absolute atomic E-state index is 12.1. The van der Waals surface area contributed by atoms with Crippen molar-refractivity contribution in [1.82, 2.24) is 9.71 Å². The van der Waals surface area contributed by atoms with Gasteiger partial charge in [-0.1, -0.05) is 40.0 Å². The summed E-state index contributed by atoms with van der Waals surface area (Å²) in [5, 5.41) is 8.80. The average molecular weight is 316 g/mol. The van der Waals surface area contributed by atoms with Gasteiger partial charge < -0.3 is 10.1 Å². The molecule has 1 aromatic heterocycles. The van der Waals surface area contributed by atoms with Gasteiger partial charge in [0.15, 0.2) is 0 Å². The Morgan fingerprint density at radius 2 is 2.05 bits per heavy atom. The van der Waals surface area contributed by atoms with Gasteiger partial charge in [-0.2, -0.15) is 0 Å². The Hall–Kier alpha value is -1.34. The van der Waals surface area contributed by atoms with Gasteiger partial charge in [0.2, 0.25) is 10.0 Å². The fraction of sp³-hybridized carbons (Fsp3) is 0.643. The molecule has 21 heavy (non-hydrogen) atoms. The lowest BCUT2D eigenvalue weighted by Crippen LogP contribution is -2.33. The lowest BCUT2D eigenvalue weighted by Gasteiger charge is -2.24. The van der Waals surface area contributed by atoms with Crippen LogP contribution in [0.1, 0.15) is 56.9 Å². The van der Waals surface area contributed by atoms with Crippen LogP contribution in [0.5, 0.6) is 0 Å². The van der Waals surface area contributed by atoms with Crippen molar-refractivity contribution in [2.75, 3.05) is 6.54 Å². The Balaban J connectivity index is 2.65. The minimum absolute atomic E-state index is 0.0516. The van der Waals surface area contributed by atoms with Crippen LogP contribution in [0, 0.1) is 5.41 Å². The second kappa shape index (κ2) is 7.09. The SMILES string of the molecule is CCCCCC(C)(C)CNS(=O)(=O)c1c[nH]c(C(=O)O)c1. The first-order valence-corrected chi connectivity index (χ1v) is 8.57. The summed E-state index contributed by atoms with van der Waals surface area (Å²) in [6.07, 6.45) is 5.46. The van der Waals surface area contributed by atoms with Crippen LogP contribution in [0.3, 0.4) is 0 Å². The van der Waals surface area contributed by atoms with Crippen molar-refractivity contribution in [2.24, 2.45) is 5.41 Å². The van der Waals surface area contributed by atoms with Gasteiger partial charge in [0.05, 0.1) is 0 Å². The smallest absolute Gasteiger partial charge is 0.352 e. The molecule has 3 N–H and O–H groups in total. The van der Waals surface area contributed by atoms with Crippen molar-refractivity contribution in [1.29, 1.82) is 0 Å². The Morgan fingerprint density at radius 3 is 2.57 bits per heavy atom. The fourth-order valence-electron chi connectivity index (χ4n) is 1.97. The van der Waals surface area contributed by atoms with E-state index in [2.05, 4.69) is 16.6 Å². The molecule has 1 aromatic rings. The first-order valence-electron chi connectivity index (χ1n) is 7.09. The lowest BCUT2D eigenvalue weighted by molar-refractivity contribution is 0.0691. The third kappa shape index (κ3) is 5.51. The van der Waals surface area contributed by atoms with Crippen molar-refractivity contribution < 1.29 is 18.3 Å². The molecule has 1 heterocycles. The van der Waals surface area contributed by atoms with Gasteiger partial charge in [0, 0.05) is 12.7 Å². The van der Waals surface area contributed by atoms with E-state index >= 15 is 0 Å². The molecule has 0 bridgehead atoms. The minimum atomic E-state index is -3.68. The molecule has 0 saturated heterocycles. The third-order valence-corrected chi connectivity index (χ3v) is 4.78. The highest BCUT2D eigenvalue weighted by Crippen LogP contribution is 2.23. The summed E-state index contributed by atoms with van der Waals surface area (Å²) in [6.45, 7) is 6.49. The zero-order valence-corrected chi connectivity index (χ0v) is 13.6. The molecule has 0 saturated carbocycles. The Kier molecular flexibility index (Phi) is 5.98. The van der Waals surface area contributed by atoms with Gasteiger partial charge in [0.1, 0.15) is 10.6 Å². The van der Waals surface area contributed by atoms with Crippen LogP contribution in [0.4, 0.5) is 0 Å². The molecule has 0 unspecified atom stereocenters.